The molecule has 1 unspecified atom stereocenters. The van der Waals surface area contributed by atoms with Gasteiger partial charge in [-0.3, -0.25) is 14.6 Å². The Morgan fingerprint density at radius 3 is 2.70 bits per heavy atom. The van der Waals surface area contributed by atoms with E-state index in [1.54, 1.807) is 19.2 Å². The first kappa shape index (κ1) is 18.8. The number of nitrogens with zero attached hydrogens (tertiary/aromatic N) is 2. The van der Waals surface area contributed by atoms with Crippen LogP contribution in [-0.4, -0.2) is 48.0 Å². The molecule has 0 aromatic carbocycles. The van der Waals surface area contributed by atoms with Gasteiger partial charge in [0.1, 0.15) is 11.4 Å². The normalized spacial score (nSPS) is 14.8. The Labute approximate surface area is 141 Å². The lowest BCUT2D eigenvalue weighted by Gasteiger charge is -2.21. The molecule has 2 rings (SSSR count). The number of carbonyl (C=O) groups is 2. The molecule has 8 nitrogen and oxygen atoms in total. The monoisotopic (exact) mass is 342 g/mol. The third-order valence-corrected chi connectivity index (χ3v) is 3.46. The van der Waals surface area contributed by atoms with Crippen molar-refractivity contribution in [3.8, 4) is 0 Å². The van der Waals surface area contributed by atoms with Crippen molar-refractivity contribution in [2.75, 3.05) is 19.6 Å². The largest absolute Gasteiger partial charge is 0.364 e. The zero-order valence-electron chi connectivity index (χ0n) is 13.3. The molecule has 0 spiro atoms. The predicted molar refractivity (Wildman–Crippen MR) is 91.0 cm³/mol. The van der Waals surface area contributed by atoms with Gasteiger partial charge in [0.15, 0.2) is 5.96 Å². The SMILES string of the molecule is CC(CNC(=O)c1ccc(C(N)=O)n1C)NC1=NCCCN1.Cl. The Kier molecular flexibility index (Phi) is 6.89. The van der Waals surface area contributed by atoms with Crippen molar-refractivity contribution in [3.63, 3.8) is 0 Å². The minimum absolute atomic E-state index is 0. The fourth-order valence-electron chi connectivity index (χ4n) is 2.24. The summed E-state index contributed by atoms with van der Waals surface area (Å²) in [6, 6.07) is 3.16. The van der Waals surface area contributed by atoms with Crippen LogP contribution in [0, 0.1) is 0 Å². The average molecular weight is 343 g/mol. The molecule has 0 saturated heterocycles. The highest BCUT2D eigenvalue weighted by molar-refractivity contribution is 5.97. The number of hydrogen-bond donors (Lipinski definition) is 4. The van der Waals surface area contributed by atoms with E-state index in [1.807, 2.05) is 6.92 Å². The zero-order chi connectivity index (χ0) is 16.1. The van der Waals surface area contributed by atoms with Crippen molar-refractivity contribution in [2.24, 2.45) is 17.8 Å². The van der Waals surface area contributed by atoms with E-state index in [1.165, 1.54) is 4.57 Å². The van der Waals surface area contributed by atoms with E-state index in [2.05, 4.69) is 20.9 Å². The average Bonchev–Trinajstić information content (AvgIpc) is 2.88. The van der Waals surface area contributed by atoms with E-state index >= 15 is 0 Å². The quantitative estimate of drug-likeness (QED) is 0.583. The second-order valence-electron chi connectivity index (χ2n) is 5.29. The lowest BCUT2D eigenvalue weighted by Crippen LogP contribution is -2.48. The standard InChI is InChI=1S/C14H22N6O2.ClH/c1-9(19-14-16-6-3-7-17-14)8-18-13(22)11-5-4-10(12(15)21)20(11)2;/h4-5,9H,3,6-8H2,1-2H3,(H2,15,21)(H,18,22)(H2,16,17,19);1H. The molecule has 1 aromatic heterocycles. The van der Waals surface area contributed by atoms with Crippen LogP contribution < -0.4 is 21.7 Å². The number of aromatic nitrogens is 1. The molecule has 9 heteroatoms. The molecule has 1 aromatic rings. The van der Waals surface area contributed by atoms with Crippen molar-refractivity contribution in [1.29, 1.82) is 0 Å². The molecule has 0 fully saturated rings. The van der Waals surface area contributed by atoms with E-state index in [9.17, 15) is 9.59 Å². The Hall–Kier alpha value is -2.22. The van der Waals surface area contributed by atoms with Crippen LogP contribution in [0.3, 0.4) is 0 Å². The van der Waals surface area contributed by atoms with E-state index < -0.39 is 5.91 Å². The first-order chi connectivity index (χ1) is 10.5. The van der Waals surface area contributed by atoms with Crippen molar-refractivity contribution < 1.29 is 9.59 Å². The van der Waals surface area contributed by atoms with Crippen molar-refractivity contribution in [1.82, 2.24) is 20.5 Å². The fourth-order valence-corrected chi connectivity index (χ4v) is 2.24. The predicted octanol–water partition coefficient (Wildman–Crippen LogP) is -0.397. The summed E-state index contributed by atoms with van der Waals surface area (Å²) in [5, 5.41) is 9.20. The molecule has 1 aliphatic heterocycles. The first-order valence-electron chi connectivity index (χ1n) is 7.27. The number of primary amides is 1. The summed E-state index contributed by atoms with van der Waals surface area (Å²) >= 11 is 0. The van der Waals surface area contributed by atoms with E-state index in [0.717, 1.165) is 25.5 Å². The second-order valence-corrected chi connectivity index (χ2v) is 5.29. The summed E-state index contributed by atoms with van der Waals surface area (Å²) < 4.78 is 1.49. The molecule has 2 heterocycles. The van der Waals surface area contributed by atoms with Crippen LogP contribution in [0.25, 0.3) is 0 Å². The lowest BCUT2D eigenvalue weighted by atomic mass is 10.3. The highest BCUT2D eigenvalue weighted by atomic mass is 35.5. The van der Waals surface area contributed by atoms with Crippen molar-refractivity contribution in [3.05, 3.63) is 23.5 Å². The Balaban J connectivity index is 0.00000264. The van der Waals surface area contributed by atoms with E-state index in [-0.39, 0.29) is 24.4 Å². The number of guanidine groups is 1. The summed E-state index contributed by atoms with van der Waals surface area (Å²) in [5.41, 5.74) is 5.93. The van der Waals surface area contributed by atoms with Crippen LogP contribution in [0.4, 0.5) is 0 Å². The zero-order valence-corrected chi connectivity index (χ0v) is 14.1. The summed E-state index contributed by atoms with van der Waals surface area (Å²) in [6.07, 6.45) is 1.03. The molecule has 0 aliphatic carbocycles. The van der Waals surface area contributed by atoms with Crippen molar-refractivity contribution >= 4 is 30.2 Å². The van der Waals surface area contributed by atoms with Gasteiger partial charge >= 0.3 is 0 Å². The minimum Gasteiger partial charge on any atom is -0.364 e. The van der Waals surface area contributed by atoms with Gasteiger partial charge in [-0.25, -0.2) is 0 Å². The molecule has 5 N–H and O–H groups in total. The molecule has 128 valence electrons. The van der Waals surface area contributed by atoms with Gasteiger partial charge < -0.3 is 26.3 Å². The summed E-state index contributed by atoms with van der Waals surface area (Å²) in [5.74, 6) is -0.0389. The van der Waals surface area contributed by atoms with Gasteiger partial charge in [-0.15, -0.1) is 12.4 Å². The van der Waals surface area contributed by atoms with Crippen LogP contribution in [0.2, 0.25) is 0 Å². The number of aliphatic imine (C=N–C) groups is 1. The molecule has 2 amide bonds. The van der Waals surface area contributed by atoms with Gasteiger partial charge in [0.05, 0.1) is 0 Å². The number of hydrogen-bond acceptors (Lipinski definition) is 5. The fraction of sp³-hybridized carbons (Fsp3) is 0.500. The molecule has 0 bridgehead atoms. The number of amides is 2. The van der Waals surface area contributed by atoms with Crippen LogP contribution in [0.15, 0.2) is 17.1 Å². The number of rotatable bonds is 5. The third-order valence-electron chi connectivity index (χ3n) is 3.46. The van der Waals surface area contributed by atoms with Gasteiger partial charge in [-0.05, 0) is 25.5 Å². The molecule has 23 heavy (non-hydrogen) atoms. The van der Waals surface area contributed by atoms with Gasteiger partial charge in [0.2, 0.25) is 0 Å². The Morgan fingerprint density at radius 2 is 2.13 bits per heavy atom. The maximum absolute atomic E-state index is 12.1. The number of nitrogens with one attached hydrogen (secondary N) is 3. The van der Waals surface area contributed by atoms with Gasteiger partial charge in [0, 0.05) is 32.7 Å². The van der Waals surface area contributed by atoms with E-state index in [4.69, 9.17) is 5.73 Å². The Morgan fingerprint density at radius 1 is 1.43 bits per heavy atom. The highest BCUT2D eigenvalue weighted by Crippen LogP contribution is 2.06. The van der Waals surface area contributed by atoms with E-state index in [0.29, 0.717) is 17.9 Å². The van der Waals surface area contributed by atoms with Gasteiger partial charge in [0.25, 0.3) is 11.8 Å². The molecule has 0 radical (unpaired) electrons. The first-order valence-corrected chi connectivity index (χ1v) is 7.27. The summed E-state index contributed by atoms with van der Waals surface area (Å²) in [4.78, 5) is 27.6. The van der Waals surface area contributed by atoms with Crippen LogP contribution >= 0.6 is 12.4 Å². The van der Waals surface area contributed by atoms with Gasteiger partial charge in [-0.2, -0.15) is 0 Å². The van der Waals surface area contributed by atoms with Crippen LogP contribution in [0.5, 0.6) is 0 Å². The topological polar surface area (TPSA) is 114 Å². The van der Waals surface area contributed by atoms with Crippen LogP contribution in [0.1, 0.15) is 34.3 Å². The maximum atomic E-state index is 12.1. The lowest BCUT2D eigenvalue weighted by molar-refractivity contribution is 0.0942. The summed E-state index contributed by atoms with van der Waals surface area (Å²) in [7, 11) is 1.64. The molecule has 0 saturated carbocycles. The second kappa shape index (κ2) is 8.42. The number of carbonyl (C=O) groups excluding carboxylic acids is 2. The highest BCUT2D eigenvalue weighted by Gasteiger charge is 2.16. The molecule has 1 aliphatic rings. The summed E-state index contributed by atoms with van der Waals surface area (Å²) in [6.45, 7) is 4.12. The van der Waals surface area contributed by atoms with Crippen LogP contribution in [-0.2, 0) is 7.05 Å². The number of nitrogens with two attached hydrogens (primary N) is 1. The van der Waals surface area contributed by atoms with Crippen molar-refractivity contribution in [2.45, 2.75) is 19.4 Å². The smallest absolute Gasteiger partial charge is 0.267 e. The molecular weight excluding hydrogens is 320 g/mol. The molecule has 1 atom stereocenters. The Bertz CT molecular complexity index is 598. The van der Waals surface area contributed by atoms with Gasteiger partial charge in [-0.1, -0.05) is 0 Å². The maximum Gasteiger partial charge on any atom is 0.267 e. The number of halogens is 1. The minimum atomic E-state index is -0.557. The molecular formula is C14H23ClN6O2. The third kappa shape index (κ3) is 4.88.